The van der Waals surface area contributed by atoms with E-state index in [4.69, 9.17) is 9.57 Å². The Labute approximate surface area is 77.7 Å². The largest absolute Gasteiger partial charge is 0.379 e. The SMILES string of the molecule is CCC1(C(=O)N2CCCO2)COC1. The van der Waals surface area contributed by atoms with Gasteiger partial charge in [0.1, 0.15) is 0 Å². The maximum Gasteiger partial charge on any atom is 0.256 e. The van der Waals surface area contributed by atoms with Crippen LogP contribution in [0.1, 0.15) is 19.8 Å². The van der Waals surface area contributed by atoms with Gasteiger partial charge in [-0.2, -0.15) is 0 Å². The maximum atomic E-state index is 11.9. The van der Waals surface area contributed by atoms with E-state index in [1.165, 1.54) is 5.06 Å². The molecule has 2 fully saturated rings. The third-order valence-electron chi connectivity index (χ3n) is 2.87. The molecule has 1 amide bonds. The number of rotatable bonds is 2. The zero-order valence-electron chi connectivity index (χ0n) is 7.91. The smallest absolute Gasteiger partial charge is 0.256 e. The van der Waals surface area contributed by atoms with Gasteiger partial charge in [-0.25, -0.2) is 5.06 Å². The van der Waals surface area contributed by atoms with Gasteiger partial charge in [-0.05, 0) is 12.8 Å². The van der Waals surface area contributed by atoms with E-state index in [0.29, 0.717) is 19.8 Å². The predicted octanol–water partition coefficient (Wildman–Crippen LogP) is 0.577. The highest BCUT2D eigenvalue weighted by Gasteiger charge is 2.47. The molecule has 0 aromatic rings. The Morgan fingerprint density at radius 1 is 1.54 bits per heavy atom. The standard InChI is InChI=1S/C9H15NO3/c1-2-9(6-12-7-9)8(11)10-4-3-5-13-10/h2-7H2,1H3. The van der Waals surface area contributed by atoms with Crippen LogP contribution < -0.4 is 0 Å². The summed E-state index contributed by atoms with van der Waals surface area (Å²) in [5, 5.41) is 1.51. The predicted molar refractivity (Wildman–Crippen MR) is 45.8 cm³/mol. The Kier molecular flexibility index (Phi) is 2.26. The molecule has 0 bridgehead atoms. The topological polar surface area (TPSA) is 38.8 Å². The van der Waals surface area contributed by atoms with Crippen LogP contribution in [0.2, 0.25) is 0 Å². The number of nitrogens with zero attached hydrogens (tertiary/aromatic N) is 1. The van der Waals surface area contributed by atoms with Gasteiger partial charge >= 0.3 is 0 Å². The normalized spacial score (nSPS) is 25.8. The summed E-state index contributed by atoms with van der Waals surface area (Å²) in [5.74, 6) is 0.110. The highest BCUT2D eigenvalue weighted by Crippen LogP contribution is 2.34. The highest BCUT2D eigenvalue weighted by atomic mass is 16.7. The molecule has 2 aliphatic rings. The van der Waals surface area contributed by atoms with Crippen LogP contribution in [0, 0.1) is 5.41 Å². The minimum atomic E-state index is -0.273. The molecule has 0 atom stereocenters. The van der Waals surface area contributed by atoms with E-state index >= 15 is 0 Å². The number of hydrogen-bond acceptors (Lipinski definition) is 3. The quantitative estimate of drug-likeness (QED) is 0.631. The molecule has 74 valence electrons. The molecule has 0 radical (unpaired) electrons. The van der Waals surface area contributed by atoms with Gasteiger partial charge in [0.05, 0.1) is 31.8 Å². The van der Waals surface area contributed by atoms with Crippen LogP contribution in [0.15, 0.2) is 0 Å². The fraction of sp³-hybridized carbons (Fsp3) is 0.889. The molecule has 0 spiro atoms. The second-order valence-electron chi connectivity index (χ2n) is 3.72. The summed E-state index contributed by atoms with van der Waals surface area (Å²) < 4.78 is 5.11. The lowest BCUT2D eigenvalue weighted by atomic mass is 9.82. The van der Waals surface area contributed by atoms with Gasteiger partial charge in [-0.15, -0.1) is 0 Å². The minimum Gasteiger partial charge on any atom is -0.379 e. The van der Waals surface area contributed by atoms with Crippen molar-refractivity contribution in [1.29, 1.82) is 0 Å². The molecule has 2 heterocycles. The molecule has 0 N–H and O–H groups in total. The van der Waals surface area contributed by atoms with E-state index in [-0.39, 0.29) is 11.3 Å². The Balaban J connectivity index is 2.01. The Hall–Kier alpha value is -0.610. The summed E-state index contributed by atoms with van der Waals surface area (Å²) in [6.07, 6.45) is 1.79. The van der Waals surface area contributed by atoms with Gasteiger partial charge < -0.3 is 4.74 Å². The number of hydroxylamine groups is 2. The molecule has 13 heavy (non-hydrogen) atoms. The zero-order chi connectivity index (χ0) is 9.31. The van der Waals surface area contributed by atoms with Crippen molar-refractivity contribution in [3.05, 3.63) is 0 Å². The Morgan fingerprint density at radius 3 is 2.69 bits per heavy atom. The molecule has 0 aliphatic carbocycles. The van der Waals surface area contributed by atoms with E-state index < -0.39 is 0 Å². The van der Waals surface area contributed by atoms with Gasteiger partial charge in [0, 0.05) is 0 Å². The second kappa shape index (κ2) is 3.27. The molecule has 0 saturated carbocycles. The molecule has 4 nitrogen and oxygen atoms in total. The van der Waals surface area contributed by atoms with E-state index in [1.807, 2.05) is 6.92 Å². The van der Waals surface area contributed by atoms with Gasteiger partial charge in [-0.3, -0.25) is 9.63 Å². The summed E-state index contributed by atoms with van der Waals surface area (Å²) >= 11 is 0. The van der Waals surface area contributed by atoms with Crippen LogP contribution in [-0.4, -0.2) is 37.3 Å². The van der Waals surface area contributed by atoms with Gasteiger partial charge in [0.2, 0.25) is 0 Å². The average Bonchev–Trinajstić information content (AvgIpc) is 2.54. The third-order valence-corrected chi connectivity index (χ3v) is 2.87. The van der Waals surface area contributed by atoms with Crippen molar-refractivity contribution >= 4 is 5.91 Å². The van der Waals surface area contributed by atoms with Crippen LogP contribution in [0.3, 0.4) is 0 Å². The average molecular weight is 185 g/mol. The first kappa shape index (κ1) is 8.97. The summed E-state index contributed by atoms with van der Waals surface area (Å²) in [5.41, 5.74) is -0.273. The molecule has 4 heteroatoms. The van der Waals surface area contributed by atoms with Crippen LogP contribution in [0.5, 0.6) is 0 Å². The summed E-state index contributed by atoms with van der Waals surface area (Å²) in [4.78, 5) is 17.1. The molecule has 0 aromatic heterocycles. The lowest BCUT2D eigenvalue weighted by Crippen LogP contribution is -2.54. The molecular formula is C9H15NO3. The van der Waals surface area contributed by atoms with Crippen molar-refractivity contribution < 1.29 is 14.4 Å². The molecule has 2 rings (SSSR count). The fourth-order valence-electron chi connectivity index (χ4n) is 1.70. The Morgan fingerprint density at radius 2 is 2.31 bits per heavy atom. The first-order chi connectivity index (χ1) is 6.28. The minimum absolute atomic E-state index is 0.110. The van der Waals surface area contributed by atoms with Crippen molar-refractivity contribution in [1.82, 2.24) is 5.06 Å². The monoisotopic (exact) mass is 185 g/mol. The first-order valence-electron chi connectivity index (χ1n) is 4.81. The fourth-order valence-corrected chi connectivity index (χ4v) is 1.70. The first-order valence-corrected chi connectivity index (χ1v) is 4.81. The third kappa shape index (κ3) is 1.34. The van der Waals surface area contributed by atoms with Crippen LogP contribution in [-0.2, 0) is 14.4 Å². The number of hydrogen-bond donors (Lipinski definition) is 0. The van der Waals surface area contributed by atoms with Gasteiger partial charge in [0.15, 0.2) is 0 Å². The van der Waals surface area contributed by atoms with E-state index in [0.717, 1.165) is 19.4 Å². The van der Waals surface area contributed by atoms with Crippen molar-refractivity contribution in [2.75, 3.05) is 26.4 Å². The maximum absolute atomic E-state index is 11.9. The van der Waals surface area contributed by atoms with Crippen molar-refractivity contribution in [3.63, 3.8) is 0 Å². The van der Waals surface area contributed by atoms with E-state index in [2.05, 4.69) is 0 Å². The van der Waals surface area contributed by atoms with Crippen molar-refractivity contribution in [3.8, 4) is 0 Å². The zero-order valence-corrected chi connectivity index (χ0v) is 7.91. The number of carbonyl (C=O) groups excluding carboxylic acids is 1. The van der Waals surface area contributed by atoms with Crippen LogP contribution in [0.25, 0.3) is 0 Å². The molecule has 2 aliphatic heterocycles. The molecule has 0 unspecified atom stereocenters. The lowest BCUT2D eigenvalue weighted by molar-refractivity contribution is -0.205. The van der Waals surface area contributed by atoms with Crippen molar-refractivity contribution in [2.24, 2.45) is 5.41 Å². The van der Waals surface area contributed by atoms with Crippen LogP contribution in [0.4, 0.5) is 0 Å². The van der Waals surface area contributed by atoms with Gasteiger partial charge in [-0.1, -0.05) is 6.92 Å². The molecule has 2 saturated heterocycles. The number of carbonyl (C=O) groups is 1. The Bertz CT molecular complexity index is 201. The number of ether oxygens (including phenoxy) is 1. The highest BCUT2D eigenvalue weighted by molar-refractivity contribution is 5.83. The summed E-state index contributed by atoms with van der Waals surface area (Å²) in [6.45, 7) is 4.55. The van der Waals surface area contributed by atoms with E-state index in [1.54, 1.807) is 0 Å². The summed E-state index contributed by atoms with van der Waals surface area (Å²) in [7, 11) is 0. The van der Waals surface area contributed by atoms with Crippen molar-refractivity contribution in [2.45, 2.75) is 19.8 Å². The number of amides is 1. The van der Waals surface area contributed by atoms with Crippen LogP contribution >= 0.6 is 0 Å². The molecular weight excluding hydrogens is 170 g/mol. The summed E-state index contributed by atoms with van der Waals surface area (Å²) in [6, 6.07) is 0. The molecule has 0 aromatic carbocycles. The lowest BCUT2D eigenvalue weighted by Gasteiger charge is -2.40. The van der Waals surface area contributed by atoms with Gasteiger partial charge in [0.25, 0.3) is 5.91 Å². The second-order valence-corrected chi connectivity index (χ2v) is 3.72. The van der Waals surface area contributed by atoms with E-state index in [9.17, 15) is 4.79 Å².